The van der Waals surface area contributed by atoms with Gasteiger partial charge in [-0.3, -0.25) is 0 Å². The standard InChI is InChI=1S/C8H15F2NS/c1-6(8(9)10)11-7-3-2-4-12-5-7/h6-8,11H,2-5H2,1H3. The fourth-order valence-corrected chi connectivity index (χ4v) is 2.40. The summed E-state index contributed by atoms with van der Waals surface area (Å²) in [5, 5.41) is 2.95. The summed E-state index contributed by atoms with van der Waals surface area (Å²) in [5.41, 5.74) is 0. The Kier molecular flexibility index (Phi) is 4.29. The summed E-state index contributed by atoms with van der Waals surface area (Å²) in [4.78, 5) is 0. The highest BCUT2D eigenvalue weighted by molar-refractivity contribution is 7.99. The topological polar surface area (TPSA) is 12.0 Å². The second-order valence-corrected chi connectivity index (χ2v) is 4.35. The van der Waals surface area contributed by atoms with Crippen molar-refractivity contribution in [3.05, 3.63) is 0 Å². The molecule has 1 heterocycles. The van der Waals surface area contributed by atoms with Gasteiger partial charge in [-0.05, 0) is 25.5 Å². The Hall–Kier alpha value is 0.170. The van der Waals surface area contributed by atoms with E-state index in [1.54, 1.807) is 6.92 Å². The Morgan fingerprint density at radius 1 is 1.50 bits per heavy atom. The Morgan fingerprint density at radius 3 is 2.75 bits per heavy atom. The number of nitrogens with one attached hydrogen (secondary N) is 1. The molecule has 0 aromatic rings. The van der Waals surface area contributed by atoms with E-state index in [0.717, 1.165) is 18.6 Å². The molecule has 1 aliphatic rings. The van der Waals surface area contributed by atoms with Gasteiger partial charge in [0.05, 0.1) is 6.04 Å². The molecule has 1 nitrogen and oxygen atoms in total. The van der Waals surface area contributed by atoms with Crippen molar-refractivity contribution in [2.24, 2.45) is 0 Å². The number of halogens is 2. The minimum Gasteiger partial charge on any atom is -0.305 e. The van der Waals surface area contributed by atoms with Crippen molar-refractivity contribution in [1.82, 2.24) is 5.32 Å². The molecule has 72 valence electrons. The average molecular weight is 195 g/mol. The number of rotatable bonds is 3. The molecular formula is C8H15F2NS. The quantitative estimate of drug-likeness (QED) is 0.740. The lowest BCUT2D eigenvalue weighted by atomic mass is 10.1. The molecule has 0 saturated carbocycles. The second kappa shape index (κ2) is 5.02. The van der Waals surface area contributed by atoms with Crippen LogP contribution in [0.5, 0.6) is 0 Å². The maximum atomic E-state index is 12.1. The smallest absolute Gasteiger partial charge is 0.253 e. The van der Waals surface area contributed by atoms with Crippen LogP contribution in [0, 0.1) is 0 Å². The zero-order chi connectivity index (χ0) is 8.97. The van der Waals surface area contributed by atoms with E-state index in [4.69, 9.17) is 0 Å². The summed E-state index contributed by atoms with van der Waals surface area (Å²) in [6.07, 6.45) is -0.0422. The lowest BCUT2D eigenvalue weighted by Crippen LogP contribution is -2.43. The van der Waals surface area contributed by atoms with E-state index in [1.807, 2.05) is 11.8 Å². The third-order valence-corrected chi connectivity index (χ3v) is 3.25. The molecular weight excluding hydrogens is 180 g/mol. The highest BCUT2D eigenvalue weighted by Crippen LogP contribution is 2.17. The summed E-state index contributed by atoms with van der Waals surface area (Å²) >= 11 is 1.85. The van der Waals surface area contributed by atoms with Crippen LogP contribution in [0.25, 0.3) is 0 Å². The van der Waals surface area contributed by atoms with Crippen LogP contribution in [0.4, 0.5) is 8.78 Å². The summed E-state index contributed by atoms with van der Waals surface area (Å²) < 4.78 is 24.2. The molecule has 0 aromatic carbocycles. The lowest BCUT2D eigenvalue weighted by Gasteiger charge is -2.25. The molecule has 0 aliphatic carbocycles. The van der Waals surface area contributed by atoms with E-state index >= 15 is 0 Å². The predicted octanol–water partition coefficient (Wildman–Crippen LogP) is 2.13. The molecule has 2 atom stereocenters. The minimum absolute atomic E-state index is 0.299. The number of alkyl halides is 2. The van der Waals surface area contributed by atoms with Crippen LogP contribution in [0.2, 0.25) is 0 Å². The zero-order valence-corrected chi connectivity index (χ0v) is 8.04. The van der Waals surface area contributed by atoms with E-state index in [0.29, 0.717) is 6.04 Å². The maximum absolute atomic E-state index is 12.1. The molecule has 12 heavy (non-hydrogen) atoms. The van der Waals surface area contributed by atoms with E-state index < -0.39 is 12.5 Å². The Balaban J connectivity index is 2.20. The molecule has 0 bridgehead atoms. The SMILES string of the molecule is CC(NC1CCCSC1)C(F)F. The van der Waals surface area contributed by atoms with Crippen molar-refractivity contribution in [2.45, 2.75) is 38.3 Å². The van der Waals surface area contributed by atoms with Gasteiger partial charge in [-0.15, -0.1) is 0 Å². The first-order valence-corrected chi connectivity index (χ1v) is 5.47. The van der Waals surface area contributed by atoms with Crippen LogP contribution in [-0.2, 0) is 0 Å². The van der Waals surface area contributed by atoms with Crippen LogP contribution in [0.1, 0.15) is 19.8 Å². The predicted molar refractivity (Wildman–Crippen MR) is 48.9 cm³/mol. The zero-order valence-electron chi connectivity index (χ0n) is 7.22. The first-order chi connectivity index (χ1) is 5.70. The van der Waals surface area contributed by atoms with E-state index in [9.17, 15) is 8.78 Å². The van der Waals surface area contributed by atoms with E-state index in [-0.39, 0.29) is 0 Å². The van der Waals surface area contributed by atoms with Crippen LogP contribution < -0.4 is 5.32 Å². The highest BCUT2D eigenvalue weighted by atomic mass is 32.2. The van der Waals surface area contributed by atoms with Gasteiger partial charge in [0, 0.05) is 11.8 Å². The van der Waals surface area contributed by atoms with Crippen LogP contribution in [-0.4, -0.2) is 30.0 Å². The van der Waals surface area contributed by atoms with E-state index in [1.165, 1.54) is 5.75 Å². The first kappa shape index (κ1) is 10.3. The molecule has 0 radical (unpaired) electrons. The first-order valence-electron chi connectivity index (χ1n) is 4.32. The Bertz CT molecular complexity index is 126. The molecule has 1 N–H and O–H groups in total. The third kappa shape index (κ3) is 3.27. The molecule has 0 amide bonds. The van der Waals surface area contributed by atoms with Crippen LogP contribution in [0.15, 0.2) is 0 Å². The molecule has 1 fully saturated rings. The number of thioether (sulfide) groups is 1. The number of hydrogen-bond acceptors (Lipinski definition) is 2. The summed E-state index contributed by atoms with van der Waals surface area (Å²) in [5.74, 6) is 2.16. The molecule has 4 heteroatoms. The lowest BCUT2D eigenvalue weighted by molar-refractivity contribution is 0.100. The van der Waals surface area contributed by atoms with Crippen molar-refractivity contribution < 1.29 is 8.78 Å². The molecule has 0 spiro atoms. The van der Waals surface area contributed by atoms with Crippen molar-refractivity contribution in [3.63, 3.8) is 0 Å². The molecule has 1 saturated heterocycles. The highest BCUT2D eigenvalue weighted by Gasteiger charge is 2.20. The van der Waals surface area contributed by atoms with Gasteiger partial charge in [0.25, 0.3) is 6.43 Å². The minimum atomic E-state index is -2.24. The van der Waals surface area contributed by atoms with Gasteiger partial charge in [0.1, 0.15) is 0 Å². The van der Waals surface area contributed by atoms with E-state index in [2.05, 4.69) is 5.32 Å². The van der Waals surface area contributed by atoms with Gasteiger partial charge < -0.3 is 5.32 Å². The molecule has 1 rings (SSSR count). The van der Waals surface area contributed by atoms with Gasteiger partial charge in [0.2, 0.25) is 0 Å². The average Bonchev–Trinajstić information content (AvgIpc) is 2.06. The Morgan fingerprint density at radius 2 is 2.25 bits per heavy atom. The number of hydrogen-bond donors (Lipinski definition) is 1. The third-order valence-electron chi connectivity index (χ3n) is 2.04. The van der Waals surface area contributed by atoms with Crippen LogP contribution in [0.3, 0.4) is 0 Å². The van der Waals surface area contributed by atoms with Gasteiger partial charge >= 0.3 is 0 Å². The summed E-state index contributed by atoms with van der Waals surface area (Å²) in [7, 11) is 0. The summed E-state index contributed by atoms with van der Waals surface area (Å²) in [6, 6.07) is -0.360. The second-order valence-electron chi connectivity index (χ2n) is 3.20. The van der Waals surface area contributed by atoms with Gasteiger partial charge in [-0.25, -0.2) is 8.78 Å². The van der Waals surface area contributed by atoms with Gasteiger partial charge in [-0.1, -0.05) is 0 Å². The van der Waals surface area contributed by atoms with Crippen molar-refractivity contribution in [3.8, 4) is 0 Å². The fourth-order valence-electron chi connectivity index (χ4n) is 1.32. The van der Waals surface area contributed by atoms with Crippen molar-refractivity contribution in [2.75, 3.05) is 11.5 Å². The van der Waals surface area contributed by atoms with Crippen molar-refractivity contribution in [1.29, 1.82) is 0 Å². The van der Waals surface area contributed by atoms with Crippen LogP contribution >= 0.6 is 11.8 Å². The van der Waals surface area contributed by atoms with Gasteiger partial charge in [0.15, 0.2) is 0 Å². The largest absolute Gasteiger partial charge is 0.305 e. The summed E-state index contributed by atoms with van der Waals surface area (Å²) in [6.45, 7) is 1.55. The monoisotopic (exact) mass is 195 g/mol. The molecule has 2 unspecified atom stereocenters. The molecule has 0 aromatic heterocycles. The maximum Gasteiger partial charge on any atom is 0.253 e. The van der Waals surface area contributed by atoms with Gasteiger partial charge in [-0.2, -0.15) is 11.8 Å². The normalized spacial score (nSPS) is 27.5. The Labute approximate surface area is 76.3 Å². The fraction of sp³-hybridized carbons (Fsp3) is 1.00. The van der Waals surface area contributed by atoms with Crippen molar-refractivity contribution >= 4 is 11.8 Å². The molecule has 1 aliphatic heterocycles.